The molecule has 0 bridgehead atoms. The van der Waals surface area contributed by atoms with E-state index in [2.05, 4.69) is 35.4 Å². The standard InChI is InChI=1S/C23H28N4O2S/c1-6-15(2)17-11-7-9-13-19(17)24-22(28)16(3)30-23-26-25-21(27(23)4)18-12-8-10-14-20(18)29-5/h7-16H,6H2,1-5H3,(H,24,28)/t15-,16-/m0/s1. The first-order valence-electron chi connectivity index (χ1n) is 10.1. The highest BCUT2D eigenvalue weighted by molar-refractivity contribution is 8.00. The molecule has 1 heterocycles. The van der Waals surface area contributed by atoms with Crippen molar-refractivity contribution in [1.29, 1.82) is 0 Å². The third-order valence-corrected chi connectivity index (χ3v) is 6.33. The van der Waals surface area contributed by atoms with Crippen LogP contribution in [0, 0.1) is 0 Å². The molecule has 6 nitrogen and oxygen atoms in total. The van der Waals surface area contributed by atoms with Crippen LogP contribution in [0.2, 0.25) is 0 Å². The molecule has 1 N–H and O–H groups in total. The van der Waals surface area contributed by atoms with Gasteiger partial charge in [0.1, 0.15) is 5.75 Å². The molecule has 3 aromatic rings. The molecule has 0 aliphatic carbocycles. The number of hydrogen-bond donors (Lipinski definition) is 1. The molecule has 0 fully saturated rings. The maximum absolute atomic E-state index is 12.9. The summed E-state index contributed by atoms with van der Waals surface area (Å²) in [6.07, 6.45) is 1.02. The quantitative estimate of drug-likeness (QED) is 0.508. The van der Waals surface area contributed by atoms with Crippen LogP contribution < -0.4 is 10.1 Å². The van der Waals surface area contributed by atoms with Gasteiger partial charge in [-0.2, -0.15) is 0 Å². The zero-order chi connectivity index (χ0) is 21.7. The van der Waals surface area contributed by atoms with Crippen molar-refractivity contribution in [3.8, 4) is 17.1 Å². The van der Waals surface area contributed by atoms with Crippen molar-refractivity contribution in [3.63, 3.8) is 0 Å². The second kappa shape index (κ2) is 9.80. The molecular weight excluding hydrogens is 396 g/mol. The van der Waals surface area contributed by atoms with Gasteiger partial charge in [0.2, 0.25) is 5.91 Å². The number of nitrogens with one attached hydrogen (secondary N) is 1. The third-order valence-electron chi connectivity index (χ3n) is 5.20. The van der Waals surface area contributed by atoms with Gasteiger partial charge in [-0.25, -0.2) is 0 Å². The molecule has 158 valence electrons. The lowest BCUT2D eigenvalue weighted by Gasteiger charge is -2.17. The van der Waals surface area contributed by atoms with Crippen molar-refractivity contribution in [2.45, 2.75) is 43.5 Å². The van der Waals surface area contributed by atoms with Gasteiger partial charge >= 0.3 is 0 Å². The summed E-state index contributed by atoms with van der Waals surface area (Å²) in [5.41, 5.74) is 2.89. The van der Waals surface area contributed by atoms with Crippen LogP contribution in [0.25, 0.3) is 11.4 Å². The van der Waals surface area contributed by atoms with Crippen LogP contribution in [0.1, 0.15) is 38.7 Å². The van der Waals surface area contributed by atoms with Gasteiger partial charge in [-0.15, -0.1) is 10.2 Å². The molecule has 0 saturated heterocycles. The average molecular weight is 425 g/mol. The Bertz CT molecular complexity index is 1020. The lowest BCUT2D eigenvalue weighted by atomic mass is 9.97. The summed E-state index contributed by atoms with van der Waals surface area (Å²) in [4.78, 5) is 12.9. The molecule has 2 aromatic carbocycles. The zero-order valence-corrected chi connectivity index (χ0v) is 18.9. The lowest BCUT2D eigenvalue weighted by Crippen LogP contribution is -2.23. The molecule has 1 amide bonds. The number of ether oxygens (including phenoxy) is 1. The minimum Gasteiger partial charge on any atom is -0.496 e. The molecule has 0 unspecified atom stereocenters. The highest BCUT2D eigenvalue weighted by Gasteiger charge is 2.21. The first-order chi connectivity index (χ1) is 14.5. The van der Waals surface area contributed by atoms with Crippen molar-refractivity contribution >= 4 is 23.4 Å². The van der Waals surface area contributed by atoms with Gasteiger partial charge < -0.3 is 14.6 Å². The number of aromatic nitrogens is 3. The molecule has 0 aliphatic rings. The Morgan fingerprint density at radius 1 is 1.13 bits per heavy atom. The number of carbonyl (C=O) groups excluding carboxylic acids is 1. The van der Waals surface area contributed by atoms with Crippen LogP contribution in [0.4, 0.5) is 5.69 Å². The van der Waals surface area contributed by atoms with E-state index in [1.807, 2.05) is 61.0 Å². The van der Waals surface area contributed by atoms with E-state index >= 15 is 0 Å². The number of thioether (sulfide) groups is 1. The van der Waals surface area contributed by atoms with Gasteiger partial charge in [-0.3, -0.25) is 4.79 Å². The number of carbonyl (C=O) groups is 1. The molecule has 0 saturated carbocycles. The topological polar surface area (TPSA) is 69.0 Å². The van der Waals surface area contributed by atoms with E-state index in [1.165, 1.54) is 11.8 Å². The van der Waals surface area contributed by atoms with E-state index in [0.29, 0.717) is 16.9 Å². The molecule has 2 atom stereocenters. The molecule has 3 rings (SSSR count). The highest BCUT2D eigenvalue weighted by Crippen LogP contribution is 2.32. The Balaban J connectivity index is 1.75. The van der Waals surface area contributed by atoms with Crippen molar-refractivity contribution in [2.75, 3.05) is 12.4 Å². The lowest BCUT2D eigenvalue weighted by molar-refractivity contribution is -0.115. The van der Waals surface area contributed by atoms with E-state index in [0.717, 1.165) is 29.0 Å². The Labute approximate surface area is 182 Å². The van der Waals surface area contributed by atoms with Crippen molar-refractivity contribution in [2.24, 2.45) is 7.05 Å². The SMILES string of the molecule is CC[C@H](C)c1ccccc1NC(=O)[C@H](C)Sc1nnc(-c2ccccc2OC)n1C. The van der Waals surface area contributed by atoms with Crippen LogP contribution in [-0.4, -0.2) is 33.0 Å². The number of para-hydroxylation sites is 2. The van der Waals surface area contributed by atoms with Gasteiger partial charge in [0, 0.05) is 12.7 Å². The second-order valence-electron chi connectivity index (χ2n) is 7.21. The number of methoxy groups -OCH3 is 1. The Kier molecular flexibility index (Phi) is 7.15. The van der Waals surface area contributed by atoms with Crippen molar-refractivity contribution in [3.05, 3.63) is 54.1 Å². The summed E-state index contributed by atoms with van der Waals surface area (Å²) < 4.78 is 7.33. The predicted molar refractivity (Wildman–Crippen MR) is 122 cm³/mol. The number of rotatable bonds is 8. The first-order valence-corrected chi connectivity index (χ1v) is 10.9. The highest BCUT2D eigenvalue weighted by atomic mass is 32.2. The van der Waals surface area contributed by atoms with E-state index < -0.39 is 0 Å². The summed E-state index contributed by atoms with van der Waals surface area (Å²) in [5, 5.41) is 12.0. The van der Waals surface area contributed by atoms with Crippen LogP contribution in [0.3, 0.4) is 0 Å². The molecule has 7 heteroatoms. The largest absolute Gasteiger partial charge is 0.496 e. The van der Waals surface area contributed by atoms with Gasteiger partial charge in [-0.05, 0) is 43.0 Å². The van der Waals surface area contributed by atoms with Gasteiger partial charge in [0.05, 0.1) is 17.9 Å². The van der Waals surface area contributed by atoms with Crippen LogP contribution in [-0.2, 0) is 11.8 Å². The molecule has 0 aliphatic heterocycles. The Hall–Kier alpha value is -2.80. The van der Waals surface area contributed by atoms with Crippen LogP contribution >= 0.6 is 11.8 Å². The van der Waals surface area contributed by atoms with Gasteiger partial charge in [0.25, 0.3) is 0 Å². The van der Waals surface area contributed by atoms with E-state index in [-0.39, 0.29) is 11.2 Å². The van der Waals surface area contributed by atoms with E-state index in [4.69, 9.17) is 4.74 Å². The van der Waals surface area contributed by atoms with Gasteiger partial charge in [0.15, 0.2) is 11.0 Å². The van der Waals surface area contributed by atoms with Crippen LogP contribution in [0.5, 0.6) is 5.75 Å². The first kappa shape index (κ1) is 21.9. The minimum absolute atomic E-state index is 0.0578. The fraction of sp³-hybridized carbons (Fsp3) is 0.348. The summed E-state index contributed by atoms with van der Waals surface area (Å²) >= 11 is 1.38. The number of anilines is 1. The molecule has 0 radical (unpaired) electrons. The Morgan fingerprint density at radius 2 is 1.83 bits per heavy atom. The second-order valence-corrected chi connectivity index (χ2v) is 8.52. The third kappa shape index (κ3) is 4.67. The molecule has 1 aromatic heterocycles. The van der Waals surface area contributed by atoms with Crippen molar-refractivity contribution in [1.82, 2.24) is 14.8 Å². The van der Waals surface area contributed by atoms with E-state index in [1.54, 1.807) is 7.11 Å². The number of benzene rings is 2. The molecular formula is C23H28N4O2S. The predicted octanol–water partition coefficient (Wildman–Crippen LogP) is 5.12. The summed E-state index contributed by atoms with van der Waals surface area (Å²) in [6.45, 7) is 6.19. The number of amides is 1. The van der Waals surface area contributed by atoms with E-state index in [9.17, 15) is 4.79 Å². The summed E-state index contributed by atoms with van der Waals surface area (Å²) in [7, 11) is 3.53. The maximum Gasteiger partial charge on any atom is 0.237 e. The zero-order valence-electron chi connectivity index (χ0n) is 18.0. The minimum atomic E-state index is -0.330. The average Bonchev–Trinajstić information content (AvgIpc) is 3.13. The Morgan fingerprint density at radius 3 is 2.57 bits per heavy atom. The monoisotopic (exact) mass is 424 g/mol. The molecule has 0 spiro atoms. The maximum atomic E-state index is 12.9. The molecule has 30 heavy (non-hydrogen) atoms. The van der Waals surface area contributed by atoms with Crippen molar-refractivity contribution < 1.29 is 9.53 Å². The normalized spacial score (nSPS) is 13.0. The number of hydrogen-bond acceptors (Lipinski definition) is 5. The smallest absolute Gasteiger partial charge is 0.237 e. The number of nitrogens with zero attached hydrogens (tertiary/aromatic N) is 3. The fourth-order valence-electron chi connectivity index (χ4n) is 3.19. The van der Waals surface area contributed by atoms with Gasteiger partial charge in [-0.1, -0.05) is 55.9 Å². The fourth-order valence-corrected chi connectivity index (χ4v) is 4.00. The van der Waals surface area contributed by atoms with Crippen LogP contribution in [0.15, 0.2) is 53.7 Å². The summed E-state index contributed by atoms with van der Waals surface area (Å²) in [5.74, 6) is 1.76. The summed E-state index contributed by atoms with van der Waals surface area (Å²) in [6, 6.07) is 15.7.